The standard InChI is InChI=1S/C27H30N6O6S/c1-33(2)12-13-39-27(34)29-18-8-7-9-22(16-18)40(35,36)32-26-25(30-23-10-5-6-11-24(23)31-26)28-19-14-20(37-3)17-21(15-19)38-4/h5-11,14-17H,12-13H2,1-4H3,(H,28,30)(H,29,34)(H,31,32). The van der Waals surface area contributed by atoms with Gasteiger partial charge >= 0.3 is 6.09 Å². The molecular weight excluding hydrogens is 536 g/mol. The maximum absolute atomic E-state index is 13.4. The van der Waals surface area contributed by atoms with Crippen molar-refractivity contribution in [1.29, 1.82) is 0 Å². The Hall–Kier alpha value is -4.62. The van der Waals surface area contributed by atoms with Crippen LogP contribution in [0.3, 0.4) is 0 Å². The number of carbonyl (C=O) groups excluding carboxylic acids is 1. The molecule has 0 saturated carbocycles. The van der Waals surface area contributed by atoms with Gasteiger partial charge in [-0.1, -0.05) is 18.2 Å². The highest BCUT2D eigenvalue weighted by Gasteiger charge is 2.20. The molecule has 0 saturated heterocycles. The second-order valence-corrected chi connectivity index (χ2v) is 10.5. The molecule has 0 fully saturated rings. The van der Waals surface area contributed by atoms with E-state index in [-0.39, 0.29) is 28.8 Å². The second kappa shape index (κ2) is 12.5. The van der Waals surface area contributed by atoms with Gasteiger partial charge in [-0.25, -0.2) is 23.2 Å². The molecule has 210 valence electrons. The number of hydrogen-bond donors (Lipinski definition) is 3. The van der Waals surface area contributed by atoms with E-state index < -0.39 is 16.1 Å². The molecule has 4 aromatic rings. The van der Waals surface area contributed by atoms with E-state index in [1.54, 1.807) is 42.5 Å². The smallest absolute Gasteiger partial charge is 0.411 e. The van der Waals surface area contributed by atoms with Crippen molar-refractivity contribution < 1.29 is 27.4 Å². The van der Waals surface area contributed by atoms with Crippen molar-refractivity contribution in [2.75, 3.05) is 56.8 Å². The van der Waals surface area contributed by atoms with Gasteiger partial charge in [0.2, 0.25) is 0 Å². The van der Waals surface area contributed by atoms with Crippen molar-refractivity contribution in [2.24, 2.45) is 0 Å². The quantitative estimate of drug-likeness (QED) is 0.240. The summed E-state index contributed by atoms with van der Waals surface area (Å²) in [6.07, 6.45) is -0.690. The first-order valence-electron chi connectivity index (χ1n) is 12.1. The maximum atomic E-state index is 13.4. The first-order valence-corrected chi connectivity index (χ1v) is 13.6. The zero-order valence-corrected chi connectivity index (χ0v) is 23.3. The average Bonchev–Trinajstić information content (AvgIpc) is 2.93. The van der Waals surface area contributed by atoms with Gasteiger partial charge < -0.3 is 24.4 Å². The second-order valence-electron chi connectivity index (χ2n) is 8.83. The van der Waals surface area contributed by atoms with E-state index in [4.69, 9.17) is 14.2 Å². The predicted molar refractivity (Wildman–Crippen MR) is 153 cm³/mol. The van der Waals surface area contributed by atoms with Crippen LogP contribution in [0.4, 0.5) is 27.8 Å². The lowest BCUT2D eigenvalue weighted by molar-refractivity contribution is 0.151. The summed E-state index contributed by atoms with van der Waals surface area (Å²) in [5.41, 5.74) is 1.84. The maximum Gasteiger partial charge on any atom is 0.411 e. The number of anilines is 4. The van der Waals surface area contributed by atoms with Crippen LogP contribution in [-0.4, -0.2) is 70.8 Å². The van der Waals surface area contributed by atoms with Gasteiger partial charge in [-0.05, 0) is 44.4 Å². The number of aromatic nitrogens is 2. The van der Waals surface area contributed by atoms with Crippen molar-refractivity contribution in [1.82, 2.24) is 14.9 Å². The molecule has 12 nitrogen and oxygen atoms in total. The number of nitrogens with one attached hydrogen (secondary N) is 3. The molecule has 40 heavy (non-hydrogen) atoms. The van der Waals surface area contributed by atoms with Gasteiger partial charge in [0, 0.05) is 36.1 Å². The van der Waals surface area contributed by atoms with Crippen LogP contribution in [-0.2, 0) is 14.8 Å². The third kappa shape index (κ3) is 7.27. The van der Waals surface area contributed by atoms with E-state index >= 15 is 0 Å². The number of benzene rings is 3. The number of rotatable bonds is 11. The minimum atomic E-state index is -4.15. The van der Waals surface area contributed by atoms with E-state index in [9.17, 15) is 13.2 Å². The molecule has 0 radical (unpaired) electrons. The molecule has 13 heteroatoms. The minimum absolute atomic E-state index is 0.0260. The normalized spacial score (nSPS) is 11.2. The Bertz CT molecular complexity index is 1590. The minimum Gasteiger partial charge on any atom is -0.497 e. The molecule has 1 heterocycles. The topological polar surface area (TPSA) is 144 Å². The summed E-state index contributed by atoms with van der Waals surface area (Å²) in [5.74, 6) is 1.20. The van der Waals surface area contributed by atoms with E-state index in [2.05, 4.69) is 25.3 Å². The summed E-state index contributed by atoms with van der Waals surface area (Å²) in [6.45, 7) is 0.741. The molecule has 0 unspecified atom stereocenters. The molecule has 3 N–H and O–H groups in total. The van der Waals surface area contributed by atoms with Gasteiger partial charge in [0.15, 0.2) is 11.6 Å². The molecule has 1 amide bonds. The number of ether oxygens (including phenoxy) is 3. The molecule has 0 atom stereocenters. The number of amides is 1. The summed E-state index contributed by atoms with van der Waals surface area (Å²) in [4.78, 5) is 23.0. The molecule has 3 aromatic carbocycles. The highest BCUT2D eigenvalue weighted by atomic mass is 32.2. The highest BCUT2D eigenvalue weighted by molar-refractivity contribution is 7.92. The largest absolute Gasteiger partial charge is 0.497 e. The molecule has 0 bridgehead atoms. The number of hydrogen-bond acceptors (Lipinski definition) is 10. The fraction of sp³-hybridized carbons (Fsp3) is 0.222. The third-order valence-electron chi connectivity index (χ3n) is 5.58. The molecule has 0 aliphatic heterocycles. The predicted octanol–water partition coefficient (Wildman–Crippen LogP) is 4.30. The van der Waals surface area contributed by atoms with E-state index in [1.807, 2.05) is 25.1 Å². The monoisotopic (exact) mass is 566 g/mol. The average molecular weight is 567 g/mol. The van der Waals surface area contributed by atoms with Crippen molar-refractivity contribution in [3.05, 3.63) is 66.7 Å². The fourth-order valence-corrected chi connectivity index (χ4v) is 4.63. The van der Waals surface area contributed by atoms with Crippen LogP contribution in [0.5, 0.6) is 11.5 Å². The van der Waals surface area contributed by atoms with Crippen molar-refractivity contribution in [2.45, 2.75) is 4.90 Å². The molecule has 0 aliphatic rings. The van der Waals surface area contributed by atoms with Crippen molar-refractivity contribution >= 4 is 50.2 Å². The Morgan fingerprint density at radius 2 is 1.50 bits per heavy atom. The molecule has 0 aliphatic carbocycles. The molecule has 0 spiro atoms. The first kappa shape index (κ1) is 28.4. The third-order valence-corrected chi connectivity index (χ3v) is 6.91. The Morgan fingerprint density at radius 3 is 2.12 bits per heavy atom. The lowest BCUT2D eigenvalue weighted by Gasteiger charge is -2.15. The van der Waals surface area contributed by atoms with Gasteiger partial charge in [0.1, 0.15) is 18.1 Å². The number of carbonyl (C=O) groups is 1. The number of para-hydroxylation sites is 2. The van der Waals surface area contributed by atoms with Gasteiger partial charge in [0.25, 0.3) is 10.0 Å². The van der Waals surface area contributed by atoms with Crippen LogP contribution >= 0.6 is 0 Å². The molecular formula is C27H30N6O6S. The number of fused-ring (bicyclic) bond motifs is 1. The van der Waals surface area contributed by atoms with Crippen molar-refractivity contribution in [3.8, 4) is 11.5 Å². The van der Waals surface area contributed by atoms with E-state index in [0.29, 0.717) is 34.8 Å². The Labute approximate surface area is 232 Å². The van der Waals surface area contributed by atoms with E-state index in [1.165, 1.54) is 32.4 Å². The lowest BCUT2D eigenvalue weighted by Crippen LogP contribution is -2.22. The van der Waals surface area contributed by atoms with Crippen LogP contribution in [0.25, 0.3) is 11.0 Å². The summed E-state index contributed by atoms with van der Waals surface area (Å²) in [5, 5.41) is 5.66. The Kier molecular flexibility index (Phi) is 8.86. The van der Waals surface area contributed by atoms with Gasteiger partial charge in [0.05, 0.1) is 30.1 Å². The van der Waals surface area contributed by atoms with Gasteiger partial charge in [-0.15, -0.1) is 0 Å². The van der Waals surface area contributed by atoms with Gasteiger partial charge in [-0.3, -0.25) is 10.0 Å². The first-order chi connectivity index (χ1) is 19.2. The van der Waals surface area contributed by atoms with Crippen LogP contribution in [0, 0.1) is 0 Å². The summed E-state index contributed by atoms with van der Waals surface area (Å²) in [6, 6.07) is 18.0. The number of likely N-dealkylation sites (N-methyl/N-ethyl adjacent to an activating group) is 1. The van der Waals surface area contributed by atoms with Crippen LogP contribution in [0.15, 0.2) is 71.6 Å². The Morgan fingerprint density at radius 1 is 0.850 bits per heavy atom. The van der Waals surface area contributed by atoms with Gasteiger partial charge in [-0.2, -0.15) is 0 Å². The molecule has 4 rings (SSSR count). The van der Waals surface area contributed by atoms with Crippen LogP contribution in [0.2, 0.25) is 0 Å². The van der Waals surface area contributed by atoms with Crippen molar-refractivity contribution in [3.63, 3.8) is 0 Å². The highest BCUT2D eigenvalue weighted by Crippen LogP contribution is 2.31. The zero-order chi connectivity index (χ0) is 28.7. The fourth-order valence-electron chi connectivity index (χ4n) is 3.58. The number of sulfonamides is 1. The SMILES string of the molecule is COc1cc(Nc2nc3ccccc3nc2NS(=O)(=O)c2cccc(NC(=O)OCCN(C)C)c2)cc(OC)c1. The van der Waals surface area contributed by atoms with E-state index in [0.717, 1.165) is 0 Å². The summed E-state index contributed by atoms with van der Waals surface area (Å²) >= 11 is 0. The lowest BCUT2D eigenvalue weighted by atomic mass is 10.2. The van der Waals surface area contributed by atoms with Crippen LogP contribution in [0.1, 0.15) is 0 Å². The Balaban J connectivity index is 1.63. The summed E-state index contributed by atoms with van der Waals surface area (Å²) in [7, 11) is 2.62. The summed E-state index contributed by atoms with van der Waals surface area (Å²) < 4.78 is 45.2. The van der Waals surface area contributed by atoms with Crippen LogP contribution < -0.4 is 24.8 Å². The zero-order valence-electron chi connectivity index (χ0n) is 22.5. The number of methoxy groups -OCH3 is 2. The molecule has 1 aromatic heterocycles. The number of nitrogens with zero attached hydrogens (tertiary/aromatic N) is 3.